The number of ketones is 1. The van der Waals surface area contributed by atoms with E-state index in [9.17, 15) is 4.79 Å². The summed E-state index contributed by atoms with van der Waals surface area (Å²) >= 11 is 0. The summed E-state index contributed by atoms with van der Waals surface area (Å²) in [6.07, 6.45) is 8.31. The van der Waals surface area contributed by atoms with E-state index >= 15 is 0 Å². The third kappa shape index (κ3) is 2.72. The molecule has 3 rings (SSSR count). The summed E-state index contributed by atoms with van der Waals surface area (Å²) in [5, 5.41) is 0. The predicted octanol–water partition coefficient (Wildman–Crippen LogP) is 1.48. The maximum atomic E-state index is 12.9. The molecular weight excluding hydrogens is 302 g/mol. The largest absolute Gasteiger partial charge is 0.317 e. The summed E-state index contributed by atoms with van der Waals surface area (Å²) in [5.41, 5.74) is 7.80. The van der Waals surface area contributed by atoms with Gasteiger partial charge in [0, 0.05) is 18.5 Å². The number of terminal acetylenes is 1. The highest BCUT2D eigenvalue weighted by molar-refractivity contribution is 6.08. The number of benzene rings is 1. The first-order chi connectivity index (χ1) is 11.6. The fourth-order valence-electron chi connectivity index (χ4n) is 2.56. The molecule has 24 heavy (non-hydrogen) atoms. The van der Waals surface area contributed by atoms with E-state index in [-0.39, 0.29) is 5.78 Å². The number of imidazole rings is 1. The Hall–Kier alpha value is -3.20. The lowest BCUT2D eigenvalue weighted by molar-refractivity contribution is -0.658. The minimum atomic E-state index is -0.156. The molecule has 0 atom stereocenters. The minimum absolute atomic E-state index is 0.156. The van der Waals surface area contributed by atoms with Crippen LogP contribution in [0, 0.1) is 12.3 Å². The molecule has 0 saturated heterocycles. The third-order valence-electron chi connectivity index (χ3n) is 3.86. The van der Waals surface area contributed by atoms with Gasteiger partial charge in [-0.25, -0.2) is 9.55 Å². The van der Waals surface area contributed by atoms with Gasteiger partial charge < -0.3 is 5.73 Å². The number of carbonyl (C=O) groups excluding carboxylic acids is 1. The molecule has 2 aromatic heterocycles. The molecule has 0 saturated carbocycles. The molecule has 1 aromatic carbocycles. The van der Waals surface area contributed by atoms with E-state index in [0.29, 0.717) is 41.3 Å². The van der Waals surface area contributed by atoms with Gasteiger partial charge in [-0.3, -0.25) is 9.36 Å². The second-order valence-electron chi connectivity index (χ2n) is 5.50. The van der Waals surface area contributed by atoms with Crippen molar-refractivity contribution in [3.8, 4) is 12.3 Å². The van der Waals surface area contributed by atoms with E-state index in [1.165, 1.54) is 0 Å². The van der Waals surface area contributed by atoms with Crippen LogP contribution < -0.4 is 10.3 Å². The Kier molecular flexibility index (Phi) is 4.25. The van der Waals surface area contributed by atoms with Gasteiger partial charge in [-0.1, -0.05) is 35.3 Å². The van der Waals surface area contributed by atoms with Crippen LogP contribution in [0.3, 0.4) is 0 Å². The highest BCUT2D eigenvalue weighted by Crippen LogP contribution is 2.20. The fraction of sp³-hybridized carbons (Fsp3) is 0.222. The second kappa shape index (κ2) is 6.50. The Balaban J connectivity index is 2.15. The fourth-order valence-corrected chi connectivity index (χ4v) is 2.56. The molecule has 0 amide bonds. The molecule has 0 fully saturated rings. The van der Waals surface area contributed by atoms with Gasteiger partial charge in [-0.15, -0.1) is 12.3 Å². The van der Waals surface area contributed by atoms with Crippen molar-refractivity contribution in [2.45, 2.75) is 19.4 Å². The van der Waals surface area contributed by atoms with Gasteiger partial charge in [0.05, 0.1) is 7.05 Å². The SMILES string of the molecule is C#CCCCn1c(C(=O)c2ccccc2)nc2c(N)[n+](C)cnc21. The van der Waals surface area contributed by atoms with Crippen LogP contribution in [0.25, 0.3) is 11.2 Å². The van der Waals surface area contributed by atoms with Gasteiger partial charge in [-0.05, 0) is 6.42 Å². The number of anilines is 1. The van der Waals surface area contributed by atoms with Crippen molar-refractivity contribution < 1.29 is 9.36 Å². The van der Waals surface area contributed by atoms with Crippen molar-refractivity contribution in [1.29, 1.82) is 0 Å². The number of nitrogens with two attached hydrogens (primary N) is 1. The van der Waals surface area contributed by atoms with Gasteiger partial charge in [0.25, 0.3) is 5.82 Å². The van der Waals surface area contributed by atoms with Crippen molar-refractivity contribution in [1.82, 2.24) is 14.5 Å². The zero-order valence-electron chi connectivity index (χ0n) is 13.4. The van der Waals surface area contributed by atoms with Gasteiger partial charge in [0.15, 0.2) is 11.3 Å². The summed E-state index contributed by atoms with van der Waals surface area (Å²) < 4.78 is 3.48. The van der Waals surface area contributed by atoms with Crippen LogP contribution in [-0.2, 0) is 13.6 Å². The quantitative estimate of drug-likeness (QED) is 0.334. The van der Waals surface area contributed by atoms with Crippen molar-refractivity contribution in [3.05, 3.63) is 48.0 Å². The van der Waals surface area contributed by atoms with Crippen LogP contribution in [0.4, 0.5) is 5.82 Å². The molecule has 0 radical (unpaired) electrons. The first-order valence-corrected chi connectivity index (χ1v) is 7.67. The lowest BCUT2D eigenvalue weighted by atomic mass is 10.1. The van der Waals surface area contributed by atoms with Crippen LogP contribution in [0.1, 0.15) is 29.0 Å². The zero-order valence-corrected chi connectivity index (χ0v) is 13.4. The number of fused-ring (bicyclic) bond motifs is 1. The van der Waals surface area contributed by atoms with Crippen LogP contribution in [0.5, 0.6) is 0 Å². The molecule has 2 heterocycles. The van der Waals surface area contributed by atoms with Crippen molar-refractivity contribution >= 4 is 22.8 Å². The Labute approximate surface area is 140 Å². The van der Waals surface area contributed by atoms with Gasteiger partial charge in [-0.2, -0.15) is 0 Å². The van der Waals surface area contributed by atoms with E-state index in [1.807, 2.05) is 18.2 Å². The molecule has 120 valence electrons. The average molecular weight is 320 g/mol. The molecule has 6 nitrogen and oxygen atoms in total. The first-order valence-electron chi connectivity index (χ1n) is 7.67. The van der Waals surface area contributed by atoms with Crippen LogP contribution >= 0.6 is 0 Å². The number of nitrogens with zero attached hydrogens (tertiary/aromatic N) is 4. The standard InChI is InChI=1S/C18H17N5O/c1-3-4-8-11-23-17-14(16(19)22(2)12-20-17)21-18(23)15(24)13-9-6-5-7-10-13/h1,5-7,9-10,12,19H,4,8,11H2,2H3/p+1. The van der Waals surface area contributed by atoms with Gasteiger partial charge in [0.2, 0.25) is 17.8 Å². The van der Waals surface area contributed by atoms with Crippen LogP contribution in [0.2, 0.25) is 0 Å². The molecule has 0 aliphatic heterocycles. The van der Waals surface area contributed by atoms with Gasteiger partial charge in [0.1, 0.15) is 0 Å². The number of aryl methyl sites for hydroxylation is 2. The van der Waals surface area contributed by atoms with E-state index in [2.05, 4.69) is 15.9 Å². The summed E-state index contributed by atoms with van der Waals surface area (Å²) in [5.74, 6) is 3.26. The molecule has 0 spiro atoms. The lowest BCUT2D eigenvalue weighted by Gasteiger charge is -2.06. The number of aromatic nitrogens is 4. The van der Waals surface area contributed by atoms with E-state index < -0.39 is 0 Å². The molecule has 0 bridgehead atoms. The second-order valence-corrected chi connectivity index (χ2v) is 5.50. The van der Waals surface area contributed by atoms with Crippen LogP contribution in [0.15, 0.2) is 36.7 Å². The molecular formula is C18H18N5O+. The topological polar surface area (TPSA) is 77.7 Å². The van der Waals surface area contributed by atoms with E-state index in [1.54, 1.807) is 34.6 Å². The highest BCUT2D eigenvalue weighted by atomic mass is 16.1. The minimum Gasteiger partial charge on any atom is -0.317 e. The molecule has 3 aromatic rings. The Morgan fingerprint density at radius 3 is 2.83 bits per heavy atom. The Bertz CT molecular complexity index is 937. The number of rotatable bonds is 5. The molecule has 6 heteroatoms. The smallest absolute Gasteiger partial charge is 0.250 e. The Morgan fingerprint density at radius 1 is 1.38 bits per heavy atom. The molecule has 0 aliphatic carbocycles. The number of nitrogen functional groups attached to an aromatic ring is 1. The van der Waals surface area contributed by atoms with E-state index in [0.717, 1.165) is 6.42 Å². The maximum absolute atomic E-state index is 12.9. The van der Waals surface area contributed by atoms with Gasteiger partial charge >= 0.3 is 0 Å². The lowest BCUT2D eigenvalue weighted by Crippen LogP contribution is -2.32. The monoisotopic (exact) mass is 320 g/mol. The van der Waals surface area contributed by atoms with Crippen molar-refractivity contribution in [2.24, 2.45) is 7.05 Å². The molecule has 0 unspecified atom stereocenters. The maximum Gasteiger partial charge on any atom is 0.250 e. The van der Waals surface area contributed by atoms with Crippen LogP contribution in [-0.4, -0.2) is 20.3 Å². The Morgan fingerprint density at radius 2 is 2.12 bits per heavy atom. The van der Waals surface area contributed by atoms with Crippen molar-refractivity contribution in [2.75, 3.05) is 5.73 Å². The highest BCUT2D eigenvalue weighted by Gasteiger charge is 2.24. The summed E-state index contributed by atoms with van der Waals surface area (Å²) in [7, 11) is 1.79. The average Bonchev–Trinajstić information content (AvgIpc) is 2.98. The molecule has 0 aliphatic rings. The summed E-state index contributed by atoms with van der Waals surface area (Å²) in [4.78, 5) is 21.7. The summed E-state index contributed by atoms with van der Waals surface area (Å²) in [6, 6.07) is 9.05. The van der Waals surface area contributed by atoms with Crippen molar-refractivity contribution in [3.63, 3.8) is 0 Å². The number of unbranched alkanes of at least 4 members (excludes halogenated alkanes) is 1. The summed E-state index contributed by atoms with van der Waals surface area (Å²) in [6.45, 7) is 0.564. The number of hydrogen-bond acceptors (Lipinski definition) is 4. The zero-order chi connectivity index (χ0) is 17.1. The predicted molar refractivity (Wildman–Crippen MR) is 91.1 cm³/mol. The van der Waals surface area contributed by atoms with E-state index in [4.69, 9.17) is 12.2 Å². The normalized spacial score (nSPS) is 10.7. The number of carbonyl (C=O) groups is 1. The first kappa shape index (κ1) is 15.7. The number of hydrogen-bond donors (Lipinski definition) is 1. The third-order valence-corrected chi connectivity index (χ3v) is 3.86. The molecule has 2 N–H and O–H groups in total.